The third kappa shape index (κ3) is 6.06. The van der Waals surface area contributed by atoms with Crippen LogP contribution in [0.5, 0.6) is 0 Å². The van der Waals surface area contributed by atoms with E-state index in [0.717, 1.165) is 16.7 Å². The molecule has 34 heavy (non-hydrogen) atoms. The third-order valence-electron chi connectivity index (χ3n) is 5.11. The number of hydrogen-bond acceptors (Lipinski definition) is 8. The van der Waals surface area contributed by atoms with Crippen molar-refractivity contribution in [3.8, 4) is 11.5 Å². The topological polar surface area (TPSA) is 124 Å². The average Bonchev–Trinajstić information content (AvgIpc) is 3.28. The zero-order valence-electron chi connectivity index (χ0n) is 19.6. The molecular weight excluding hydrogens is 460 g/mol. The van der Waals surface area contributed by atoms with Crippen molar-refractivity contribution in [2.24, 2.45) is 0 Å². The second-order valence-electron chi connectivity index (χ2n) is 7.60. The first kappa shape index (κ1) is 25.5. The molecule has 0 unspecified atom stereocenters. The van der Waals surface area contributed by atoms with Crippen LogP contribution in [0.25, 0.3) is 11.5 Å². The summed E-state index contributed by atoms with van der Waals surface area (Å²) in [7, 11) is -0.775. The van der Waals surface area contributed by atoms with Crippen LogP contribution in [0.15, 0.2) is 51.8 Å². The summed E-state index contributed by atoms with van der Waals surface area (Å²) >= 11 is 0. The Bertz CT molecular complexity index is 1220. The number of aromatic nitrogens is 2. The van der Waals surface area contributed by atoms with Crippen LogP contribution < -0.4 is 5.32 Å². The summed E-state index contributed by atoms with van der Waals surface area (Å²) < 4.78 is 42.9. The lowest BCUT2D eigenvalue weighted by atomic mass is 10.1. The molecule has 11 heteroatoms. The number of anilines is 1. The van der Waals surface area contributed by atoms with Gasteiger partial charge in [-0.2, -0.15) is 4.31 Å². The Balaban J connectivity index is 1.73. The molecule has 0 saturated heterocycles. The van der Waals surface area contributed by atoms with E-state index in [2.05, 4.69) is 15.5 Å². The minimum atomic E-state index is -3.78. The molecule has 1 heterocycles. The Morgan fingerprint density at radius 2 is 1.65 bits per heavy atom. The van der Waals surface area contributed by atoms with E-state index in [1.807, 2.05) is 32.0 Å². The van der Waals surface area contributed by atoms with Gasteiger partial charge in [0.15, 0.2) is 0 Å². The first-order valence-electron chi connectivity index (χ1n) is 10.6. The number of methoxy groups -OCH3 is 2. The maximum absolute atomic E-state index is 13.0. The van der Waals surface area contributed by atoms with Crippen LogP contribution in [0.2, 0.25) is 0 Å². The number of carbonyl (C=O) groups is 1. The summed E-state index contributed by atoms with van der Waals surface area (Å²) in [6, 6.07) is 11.4. The summed E-state index contributed by atoms with van der Waals surface area (Å²) in [5.74, 6) is -0.208. The molecule has 1 amide bonds. The van der Waals surface area contributed by atoms with Crippen LogP contribution in [-0.4, -0.2) is 69.4 Å². The number of hydrogen-bond donors (Lipinski definition) is 1. The van der Waals surface area contributed by atoms with E-state index in [0.29, 0.717) is 5.89 Å². The van der Waals surface area contributed by atoms with Gasteiger partial charge in [-0.05, 0) is 49.7 Å². The van der Waals surface area contributed by atoms with Crippen molar-refractivity contribution in [1.29, 1.82) is 0 Å². The van der Waals surface area contributed by atoms with Crippen molar-refractivity contribution >= 4 is 21.9 Å². The molecule has 0 atom stereocenters. The van der Waals surface area contributed by atoms with Crippen LogP contribution in [0.4, 0.5) is 6.01 Å². The van der Waals surface area contributed by atoms with Crippen LogP contribution in [0, 0.1) is 13.8 Å². The maximum Gasteiger partial charge on any atom is 0.322 e. The van der Waals surface area contributed by atoms with Crippen LogP contribution in [0.1, 0.15) is 21.5 Å². The number of benzene rings is 2. The molecular formula is C23H28N4O6S. The lowest BCUT2D eigenvalue weighted by molar-refractivity contribution is 0.102. The molecule has 0 aliphatic rings. The Morgan fingerprint density at radius 3 is 2.26 bits per heavy atom. The minimum absolute atomic E-state index is 0.0529. The lowest BCUT2D eigenvalue weighted by Crippen LogP contribution is -2.36. The van der Waals surface area contributed by atoms with Crippen molar-refractivity contribution in [2.45, 2.75) is 18.7 Å². The summed E-state index contributed by atoms with van der Waals surface area (Å²) in [5.41, 5.74) is 3.04. The highest BCUT2D eigenvalue weighted by atomic mass is 32.2. The Morgan fingerprint density at radius 1 is 1.00 bits per heavy atom. The number of carbonyl (C=O) groups excluding carboxylic acids is 1. The lowest BCUT2D eigenvalue weighted by Gasteiger charge is -2.21. The third-order valence-corrected chi connectivity index (χ3v) is 7.03. The molecule has 182 valence electrons. The zero-order valence-corrected chi connectivity index (χ0v) is 20.4. The fourth-order valence-corrected chi connectivity index (χ4v) is 4.59. The van der Waals surface area contributed by atoms with Gasteiger partial charge in [-0.3, -0.25) is 10.1 Å². The molecule has 0 aliphatic heterocycles. The van der Waals surface area contributed by atoms with Crippen molar-refractivity contribution < 1.29 is 27.1 Å². The highest BCUT2D eigenvalue weighted by Gasteiger charge is 2.24. The van der Waals surface area contributed by atoms with Gasteiger partial charge >= 0.3 is 6.01 Å². The highest BCUT2D eigenvalue weighted by molar-refractivity contribution is 7.89. The van der Waals surface area contributed by atoms with E-state index < -0.39 is 15.9 Å². The molecule has 1 aromatic heterocycles. The highest BCUT2D eigenvalue weighted by Crippen LogP contribution is 2.25. The molecule has 0 bridgehead atoms. The van der Waals surface area contributed by atoms with Gasteiger partial charge in [0.05, 0.1) is 18.1 Å². The molecule has 2 aromatic carbocycles. The second-order valence-corrected chi connectivity index (χ2v) is 9.54. The number of amides is 1. The van der Waals surface area contributed by atoms with Crippen LogP contribution in [0.3, 0.4) is 0 Å². The van der Waals surface area contributed by atoms with Crippen molar-refractivity contribution in [2.75, 3.05) is 45.8 Å². The number of aryl methyl sites for hydroxylation is 2. The molecule has 0 fully saturated rings. The van der Waals surface area contributed by atoms with Crippen LogP contribution >= 0.6 is 0 Å². The number of sulfonamides is 1. The fraction of sp³-hybridized carbons (Fsp3) is 0.348. The van der Waals surface area contributed by atoms with Gasteiger partial charge in [0.2, 0.25) is 15.9 Å². The van der Waals surface area contributed by atoms with E-state index >= 15 is 0 Å². The maximum atomic E-state index is 13.0. The van der Waals surface area contributed by atoms with Gasteiger partial charge in [0.1, 0.15) is 0 Å². The quantitative estimate of drug-likeness (QED) is 0.437. The summed E-state index contributed by atoms with van der Waals surface area (Å²) in [6.45, 7) is 4.75. The van der Waals surface area contributed by atoms with Gasteiger partial charge < -0.3 is 13.9 Å². The first-order chi connectivity index (χ1) is 16.3. The zero-order chi connectivity index (χ0) is 24.7. The van der Waals surface area contributed by atoms with Gasteiger partial charge in [0.25, 0.3) is 5.91 Å². The number of nitrogens with one attached hydrogen (secondary N) is 1. The molecule has 0 saturated carbocycles. The van der Waals surface area contributed by atoms with Crippen molar-refractivity contribution in [1.82, 2.24) is 14.5 Å². The Labute approximate surface area is 198 Å². The van der Waals surface area contributed by atoms with E-state index in [4.69, 9.17) is 13.9 Å². The van der Waals surface area contributed by atoms with Crippen molar-refractivity contribution in [3.05, 3.63) is 59.2 Å². The van der Waals surface area contributed by atoms with Crippen LogP contribution in [-0.2, 0) is 19.5 Å². The molecule has 3 aromatic rings. The number of ether oxygens (including phenoxy) is 2. The largest absolute Gasteiger partial charge is 0.403 e. The smallest absolute Gasteiger partial charge is 0.322 e. The minimum Gasteiger partial charge on any atom is -0.403 e. The van der Waals surface area contributed by atoms with E-state index in [9.17, 15) is 13.2 Å². The standard InChI is InChI=1S/C23H28N4O6S/c1-16-5-6-17(2)20(15-16)22-25-26-23(33-22)24-21(28)18-7-9-19(10-8-18)34(29,30)27(11-13-31-3)12-14-32-4/h5-10,15H,11-14H2,1-4H3,(H,24,26,28). The summed E-state index contributed by atoms with van der Waals surface area (Å²) in [5, 5.41) is 10.5. The Kier molecular flexibility index (Phi) is 8.51. The first-order valence-corrected chi connectivity index (χ1v) is 12.0. The predicted molar refractivity (Wildman–Crippen MR) is 126 cm³/mol. The van der Waals surface area contributed by atoms with Gasteiger partial charge in [-0.25, -0.2) is 8.42 Å². The van der Waals surface area contributed by atoms with Crippen molar-refractivity contribution in [3.63, 3.8) is 0 Å². The predicted octanol–water partition coefficient (Wildman–Crippen LogP) is 2.89. The summed E-state index contributed by atoms with van der Waals surface area (Å²) in [4.78, 5) is 12.7. The molecule has 0 radical (unpaired) electrons. The van der Waals surface area contributed by atoms with Gasteiger partial charge in [-0.1, -0.05) is 22.8 Å². The average molecular weight is 489 g/mol. The Hall–Kier alpha value is -3.12. The molecule has 0 spiro atoms. The fourth-order valence-electron chi connectivity index (χ4n) is 3.18. The number of rotatable bonds is 11. The normalized spacial score (nSPS) is 11.7. The van der Waals surface area contributed by atoms with E-state index in [1.165, 1.54) is 42.8 Å². The number of nitrogens with zero attached hydrogens (tertiary/aromatic N) is 3. The second kappa shape index (κ2) is 11.3. The molecule has 10 nitrogen and oxygen atoms in total. The summed E-state index contributed by atoms with van der Waals surface area (Å²) in [6.07, 6.45) is 0. The monoisotopic (exact) mass is 488 g/mol. The molecule has 0 aliphatic carbocycles. The van der Waals surface area contributed by atoms with Gasteiger partial charge in [-0.15, -0.1) is 5.10 Å². The van der Waals surface area contributed by atoms with E-state index in [1.54, 1.807) is 0 Å². The van der Waals surface area contributed by atoms with Gasteiger partial charge in [0, 0.05) is 38.4 Å². The molecule has 3 rings (SSSR count). The van der Waals surface area contributed by atoms with E-state index in [-0.39, 0.29) is 42.8 Å². The SMILES string of the molecule is COCCN(CCOC)S(=O)(=O)c1ccc(C(=O)Nc2nnc(-c3cc(C)ccc3C)o2)cc1. The molecule has 1 N–H and O–H groups in total.